The van der Waals surface area contributed by atoms with E-state index in [1.807, 2.05) is 31.2 Å². The van der Waals surface area contributed by atoms with Crippen LogP contribution in [-0.2, 0) is 6.61 Å². The fraction of sp³-hybridized carbons (Fsp3) is 0.250. The van der Waals surface area contributed by atoms with Crippen molar-refractivity contribution in [3.8, 4) is 11.5 Å². The van der Waals surface area contributed by atoms with Gasteiger partial charge in [-0.1, -0.05) is 18.2 Å². The van der Waals surface area contributed by atoms with E-state index in [4.69, 9.17) is 15.2 Å². The highest BCUT2D eigenvalue weighted by atomic mass is 19.1. The monoisotopic (exact) mass is 275 g/mol. The third-order valence-corrected chi connectivity index (χ3v) is 2.99. The van der Waals surface area contributed by atoms with Crippen LogP contribution in [0.3, 0.4) is 0 Å². The van der Waals surface area contributed by atoms with Gasteiger partial charge in [0, 0.05) is 17.7 Å². The number of nitrogens with two attached hydrogens (primary N) is 1. The van der Waals surface area contributed by atoms with E-state index in [1.165, 1.54) is 12.1 Å². The summed E-state index contributed by atoms with van der Waals surface area (Å²) in [4.78, 5) is 0. The largest absolute Gasteiger partial charge is 0.497 e. The number of benzene rings is 2. The maximum absolute atomic E-state index is 13.3. The summed E-state index contributed by atoms with van der Waals surface area (Å²) in [6.07, 6.45) is 0. The Bertz CT molecular complexity index is 584. The molecule has 0 unspecified atom stereocenters. The fourth-order valence-electron chi connectivity index (χ4n) is 1.93. The van der Waals surface area contributed by atoms with Crippen LogP contribution in [-0.4, -0.2) is 7.11 Å². The van der Waals surface area contributed by atoms with Gasteiger partial charge in [-0.05, 0) is 30.7 Å². The fourth-order valence-corrected chi connectivity index (χ4v) is 1.93. The Hall–Kier alpha value is -2.07. The second-order valence-electron chi connectivity index (χ2n) is 4.61. The van der Waals surface area contributed by atoms with Gasteiger partial charge in [0.05, 0.1) is 7.11 Å². The molecule has 2 aromatic rings. The van der Waals surface area contributed by atoms with Crippen LogP contribution >= 0.6 is 0 Å². The van der Waals surface area contributed by atoms with Crippen LogP contribution in [0, 0.1) is 5.82 Å². The van der Waals surface area contributed by atoms with Gasteiger partial charge in [0.25, 0.3) is 0 Å². The Morgan fingerprint density at radius 3 is 2.70 bits per heavy atom. The Balaban J connectivity index is 2.15. The zero-order valence-electron chi connectivity index (χ0n) is 11.6. The maximum atomic E-state index is 13.3. The average molecular weight is 275 g/mol. The molecule has 0 aliphatic heterocycles. The molecule has 2 rings (SSSR count). The highest BCUT2D eigenvalue weighted by molar-refractivity contribution is 5.36. The predicted molar refractivity (Wildman–Crippen MR) is 76.3 cm³/mol. The predicted octanol–water partition coefficient (Wildman–Crippen LogP) is 3.43. The first-order valence-electron chi connectivity index (χ1n) is 6.41. The van der Waals surface area contributed by atoms with Gasteiger partial charge in [-0.2, -0.15) is 0 Å². The molecular weight excluding hydrogens is 257 g/mol. The Morgan fingerprint density at radius 1 is 1.20 bits per heavy atom. The quantitative estimate of drug-likeness (QED) is 0.909. The first kappa shape index (κ1) is 14.3. The Labute approximate surface area is 118 Å². The first-order chi connectivity index (χ1) is 9.60. The van der Waals surface area contributed by atoms with E-state index in [0.29, 0.717) is 12.4 Å². The summed E-state index contributed by atoms with van der Waals surface area (Å²) >= 11 is 0. The summed E-state index contributed by atoms with van der Waals surface area (Å²) in [6.45, 7) is 2.17. The molecule has 0 aliphatic carbocycles. The lowest BCUT2D eigenvalue weighted by Gasteiger charge is -2.14. The molecule has 106 valence electrons. The van der Waals surface area contributed by atoms with Crippen molar-refractivity contribution in [2.45, 2.75) is 19.6 Å². The molecule has 2 aromatic carbocycles. The van der Waals surface area contributed by atoms with Crippen LogP contribution in [0.2, 0.25) is 0 Å². The van der Waals surface area contributed by atoms with Crippen LogP contribution in [0.5, 0.6) is 11.5 Å². The van der Waals surface area contributed by atoms with E-state index in [-0.39, 0.29) is 11.9 Å². The van der Waals surface area contributed by atoms with Crippen molar-refractivity contribution < 1.29 is 13.9 Å². The number of methoxy groups -OCH3 is 1. The van der Waals surface area contributed by atoms with Gasteiger partial charge in [0.15, 0.2) is 0 Å². The molecule has 0 heterocycles. The second kappa shape index (κ2) is 6.39. The molecule has 4 heteroatoms. The van der Waals surface area contributed by atoms with Crippen molar-refractivity contribution in [3.63, 3.8) is 0 Å². The smallest absolute Gasteiger partial charge is 0.127 e. The average Bonchev–Trinajstić information content (AvgIpc) is 2.45. The Morgan fingerprint density at radius 2 is 2.00 bits per heavy atom. The topological polar surface area (TPSA) is 44.5 Å². The van der Waals surface area contributed by atoms with E-state index in [2.05, 4.69) is 0 Å². The van der Waals surface area contributed by atoms with Crippen LogP contribution in [0.4, 0.5) is 4.39 Å². The maximum Gasteiger partial charge on any atom is 0.127 e. The van der Waals surface area contributed by atoms with E-state index >= 15 is 0 Å². The minimum atomic E-state index is -0.338. The molecule has 20 heavy (non-hydrogen) atoms. The minimum Gasteiger partial charge on any atom is -0.497 e. The molecule has 0 saturated heterocycles. The summed E-state index contributed by atoms with van der Waals surface area (Å²) < 4.78 is 24.2. The lowest BCUT2D eigenvalue weighted by atomic mass is 10.1. The summed E-state index contributed by atoms with van der Waals surface area (Å²) in [5.41, 5.74) is 7.59. The highest BCUT2D eigenvalue weighted by Gasteiger charge is 2.09. The number of hydrogen-bond donors (Lipinski definition) is 1. The SMILES string of the molecule is COc1cccc(COc2cc(F)ccc2[C@H](C)N)c1. The van der Waals surface area contributed by atoms with E-state index in [9.17, 15) is 4.39 Å². The first-order valence-corrected chi connectivity index (χ1v) is 6.41. The number of halogens is 1. The van der Waals surface area contributed by atoms with Gasteiger partial charge >= 0.3 is 0 Å². The van der Waals surface area contributed by atoms with Gasteiger partial charge in [-0.3, -0.25) is 0 Å². The Kier molecular flexibility index (Phi) is 4.58. The van der Waals surface area contributed by atoms with Crippen molar-refractivity contribution in [1.82, 2.24) is 0 Å². The molecule has 0 spiro atoms. The zero-order chi connectivity index (χ0) is 14.5. The normalized spacial score (nSPS) is 12.0. The van der Waals surface area contributed by atoms with Gasteiger partial charge in [0.2, 0.25) is 0 Å². The van der Waals surface area contributed by atoms with Crippen molar-refractivity contribution in [2.24, 2.45) is 5.73 Å². The summed E-state index contributed by atoms with van der Waals surface area (Å²) in [5.74, 6) is 0.899. The molecule has 0 bridgehead atoms. The molecule has 0 aromatic heterocycles. The molecule has 3 nitrogen and oxygen atoms in total. The molecule has 0 saturated carbocycles. The van der Waals surface area contributed by atoms with Crippen molar-refractivity contribution in [1.29, 1.82) is 0 Å². The molecule has 2 N–H and O–H groups in total. The number of hydrogen-bond acceptors (Lipinski definition) is 3. The van der Waals surface area contributed by atoms with Crippen LogP contribution in [0.15, 0.2) is 42.5 Å². The number of rotatable bonds is 5. The second-order valence-corrected chi connectivity index (χ2v) is 4.61. The molecule has 0 fully saturated rings. The van der Waals surface area contributed by atoms with E-state index in [0.717, 1.165) is 16.9 Å². The molecule has 1 atom stereocenters. The van der Waals surface area contributed by atoms with E-state index < -0.39 is 0 Å². The molecule has 0 radical (unpaired) electrons. The third kappa shape index (κ3) is 3.48. The number of ether oxygens (including phenoxy) is 2. The van der Waals surface area contributed by atoms with Crippen molar-refractivity contribution in [3.05, 3.63) is 59.4 Å². The van der Waals surface area contributed by atoms with Crippen molar-refractivity contribution in [2.75, 3.05) is 7.11 Å². The van der Waals surface area contributed by atoms with Gasteiger partial charge in [0.1, 0.15) is 23.9 Å². The lowest BCUT2D eigenvalue weighted by Crippen LogP contribution is -2.08. The minimum absolute atomic E-state index is 0.212. The highest BCUT2D eigenvalue weighted by Crippen LogP contribution is 2.26. The molecular formula is C16H18FNO2. The zero-order valence-corrected chi connectivity index (χ0v) is 11.6. The van der Waals surface area contributed by atoms with Crippen LogP contribution in [0.1, 0.15) is 24.1 Å². The standard InChI is InChI=1S/C16H18FNO2/c1-11(18)15-7-6-13(17)9-16(15)20-10-12-4-3-5-14(8-12)19-2/h3-9,11H,10,18H2,1-2H3/t11-/m0/s1. The lowest BCUT2D eigenvalue weighted by molar-refractivity contribution is 0.299. The molecule has 0 aliphatic rings. The van der Waals surface area contributed by atoms with Crippen molar-refractivity contribution >= 4 is 0 Å². The van der Waals surface area contributed by atoms with Gasteiger partial charge in [-0.25, -0.2) is 4.39 Å². The van der Waals surface area contributed by atoms with Crippen LogP contribution < -0.4 is 15.2 Å². The summed E-state index contributed by atoms with van der Waals surface area (Å²) in [5, 5.41) is 0. The van der Waals surface area contributed by atoms with E-state index in [1.54, 1.807) is 13.2 Å². The third-order valence-electron chi connectivity index (χ3n) is 2.99. The summed E-state index contributed by atoms with van der Waals surface area (Å²) in [7, 11) is 1.61. The molecule has 0 amide bonds. The van der Waals surface area contributed by atoms with Gasteiger partial charge < -0.3 is 15.2 Å². The van der Waals surface area contributed by atoms with Crippen LogP contribution in [0.25, 0.3) is 0 Å². The summed E-state index contributed by atoms with van der Waals surface area (Å²) in [6, 6.07) is 11.7. The van der Waals surface area contributed by atoms with Gasteiger partial charge in [-0.15, -0.1) is 0 Å².